The lowest BCUT2D eigenvalue weighted by atomic mass is 10.3. The van der Waals surface area contributed by atoms with Crippen molar-refractivity contribution in [2.24, 2.45) is 0 Å². The quantitative estimate of drug-likeness (QED) is 0.608. The molecule has 1 aromatic carbocycles. The number of alkyl halides is 1. The number of rotatable bonds is 7. The van der Waals surface area contributed by atoms with Crippen molar-refractivity contribution in [1.82, 2.24) is 0 Å². The van der Waals surface area contributed by atoms with Crippen molar-refractivity contribution < 1.29 is 14.3 Å². The summed E-state index contributed by atoms with van der Waals surface area (Å²) in [4.78, 5) is 11.4. The fourth-order valence-electron chi connectivity index (χ4n) is 1.39. The number of methoxy groups -OCH3 is 1. The van der Waals surface area contributed by atoms with Crippen LogP contribution in [-0.2, 0) is 4.74 Å². The summed E-state index contributed by atoms with van der Waals surface area (Å²) >= 11 is 5.55. The van der Waals surface area contributed by atoms with Gasteiger partial charge < -0.3 is 9.47 Å². The van der Waals surface area contributed by atoms with E-state index in [2.05, 4.69) is 5.32 Å². The van der Waals surface area contributed by atoms with E-state index in [1.807, 2.05) is 6.07 Å². The molecule has 0 aliphatic rings. The van der Waals surface area contributed by atoms with E-state index in [1.54, 1.807) is 25.3 Å². The van der Waals surface area contributed by atoms with Gasteiger partial charge in [-0.1, -0.05) is 6.07 Å². The summed E-state index contributed by atoms with van der Waals surface area (Å²) < 4.78 is 10.1. The van der Waals surface area contributed by atoms with Crippen molar-refractivity contribution >= 4 is 23.4 Å². The van der Waals surface area contributed by atoms with Crippen LogP contribution in [-0.4, -0.2) is 25.7 Å². The third-order valence-corrected chi connectivity index (χ3v) is 2.59. The molecular weight excluding hydrogens is 254 g/mol. The van der Waals surface area contributed by atoms with Gasteiger partial charge in [-0.3, -0.25) is 5.32 Å². The topological polar surface area (TPSA) is 47.6 Å². The average Bonchev–Trinajstić information content (AvgIpc) is 2.38. The SMILES string of the molecule is COc1cccc(NC(=O)OCCCCCCl)c1. The van der Waals surface area contributed by atoms with E-state index in [9.17, 15) is 4.79 Å². The summed E-state index contributed by atoms with van der Waals surface area (Å²) in [7, 11) is 1.58. The normalized spacial score (nSPS) is 9.89. The van der Waals surface area contributed by atoms with E-state index < -0.39 is 6.09 Å². The van der Waals surface area contributed by atoms with Gasteiger partial charge >= 0.3 is 6.09 Å². The molecule has 0 atom stereocenters. The second-order valence-electron chi connectivity index (χ2n) is 3.74. The number of amides is 1. The third-order valence-electron chi connectivity index (χ3n) is 2.33. The predicted octanol–water partition coefficient (Wildman–Crippen LogP) is 3.65. The van der Waals surface area contributed by atoms with Crippen molar-refractivity contribution in [3.05, 3.63) is 24.3 Å². The molecule has 100 valence electrons. The first-order valence-electron chi connectivity index (χ1n) is 5.90. The molecule has 0 spiro atoms. The Labute approximate surface area is 112 Å². The van der Waals surface area contributed by atoms with Gasteiger partial charge in [-0.25, -0.2) is 4.79 Å². The van der Waals surface area contributed by atoms with Crippen molar-refractivity contribution in [1.29, 1.82) is 0 Å². The first kappa shape index (κ1) is 14.6. The Morgan fingerprint density at radius 3 is 2.89 bits per heavy atom. The van der Waals surface area contributed by atoms with Gasteiger partial charge in [-0.05, 0) is 31.4 Å². The molecule has 0 saturated heterocycles. The van der Waals surface area contributed by atoms with Gasteiger partial charge in [0.05, 0.1) is 13.7 Å². The summed E-state index contributed by atoms with van der Waals surface area (Å²) in [6, 6.07) is 7.11. The van der Waals surface area contributed by atoms with Gasteiger partial charge in [-0.15, -0.1) is 11.6 Å². The van der Waals surface area contributed by atoms with Crippen LogP contribution in [0.15, 0.2) is 24.3 Å². The number of carbonyl (C=O) groups excluding carboxylic acids is 1. The number of hydrogen-bond acceptors (Lipinski definition) is 3. The summed E-state index contributed by atoms with van der Waals surface area (Å²) in [5.74, 6) is 1.34. The number of ether oxygens (including phenoxy) is 2. The van der Waals surface area contributed by atoms with Crippen LogP contribution in [0.2, 0.25) is 0 Å². The molecule has 1 amide bonds. The molecule has 1 aromatic rings. The molecule has 0 unspecified atom stereocenters. The molecule has 0 heterocycles. The van der Waals surface area contributed by atoms with Gasteiger partial charge in [0.25, 0.3) is 0 Å². The Bertz CT molecular complexity index is 371. The molecule has 5 heteroatoms. The Balaban J connectivity index is 2.26. The lowest BCUT2D eigenvalue weighted by Gasteiger charge is -2.07. The van der Waals surface area contributed by atoms with Crippen molar-refractivity contribution in [2.45, 2.75) is 19.3 Å². The molecule has 0 aromatic heterocycles. The maximum Gasteiger partial charge on any atom is 0.411 e. The number of hydrogen-bond donors (Lipinski definition) is 1. The number of benzene rings is 1. The minimum Gasteiger partial charge on any atom is -0.497 e. The van der Waals surface area contributed by atoms with E-state index in [1.165, 1.54) is 0 Å². The summed E-state index contributed by atoms with van der Waals surface area (Å²) in [5.41, 5.74) is 0.653. The van der Waals surface area contributed by atoms with Crippen LogP contribution < -0.4 is 10.1 Å². The monoisotopic (exact) mass is 271 g/mol. The molecule has 18 heavy (non-hydrogen) atoms. The second kappa shape index (κ2) is 8.64. The smallest absolute Gasteiger partial charge is 0.411 e. The Morgan fingerprint density at radius 2 is 2.17 bits per heavy atom. The molecule has 0 fully saturated rings. The predicted molar refractivity (Wildman–Crippen MR) is 72.5 cm³/mol. The second-order valence-corrected chi connectivity index (χ2v) is 4.12. The van der Waals surface area contributed by atoms with Gasteiger partial charge in [0, 0.05) is 17.6 Å². The molecule has 1 rings (SSSR count). The first-order chi connectivity index (χ1) is 8.76. The average molecular weight is 272 g/mol. The molecular formula is C13H18ClNO3. The van der Waals surface area contributed by atoms with E-state index in [4.69, 9.17) is 21.1 Å². The standard InChI is InChI=1S/C13H18ClNO3/c1-17-12-7-5-6-11(10-12)15-13(16)18-9-4-2-3-8-14/h5-7,10H,2-4,8-9H2,1H3,(H,15,16). The zero-order valence-electron chi connectivity index (χ0n) is 10.4. The van der Waals surface area contributed by atoms with E-state index in [0.717, 1.165) is 19.3 Å². The molecule has 0 aliphatic carbocycles. The number of anilines is 1. The highest BCUT2D eigenvalue weighted by Crippen LogP contribution is 2.16. The van der Waals surface area contributed by atoms with Crippen molar-refractivity contribution in [3.8, 4) is 5.75 Å². The molecule has 0 radical (unpaired) electrons. The number of carbonyl (C=O) groups is 1. The van der Waals surface area contributed by atoms with Crippen LogP contribution in [0.3, 0.4) is 0 Å². The lowest BCUT2D eigenvalue weighted by molar-refractivity contribution is 0.159. The van der Waals surface area contributed by atoms with Crippen LogP contribution >= 0.6 is 11.6 Å². The van der Waals surface area contributed by atoms with E-state index >= 15 is 0 Å². The van der Waals surface area contributed by atoms with Crippen molar-refractivity contribution in [2.75, 3.05) is 24.9 Å². The largest absolute Gasteiger partial charge is 0.497 e. The Hall–Kier alpha value is -1.42. The zero-order valence-corrected chi connectivity index (χ0v) is 11.2. The van der Waals surface area contributed by atoms with E-state index in [-0.39, 0.29) is 0 Å². The number of unbranched alkanes of at least 4 members (excludes halogenated alkanes) is 2. The zero-order chi connectivity index (χ0) is 13.2. The Kier molecular flexibility index (Phi) is 7.03. The highest BCUT2D eigenvalue weighted by Gasteiger charge is 2.03. The highest BCUT2D eigenvalue weighted by atomic mass is 35.5. The van der Waals surface area contributed by atoms with E-state index in [0.29, 0.717) is 23.9 Å². The fourth-order valence-corrected chi connectivity index (χ4v) is 1.58. The number of halogens is 1. The van der Waals surface area contributed by atoms with Gasteiger partial charge in [0.2, 0.25) is 0 Å². The van der Waals surface area contributed by atoms with Crippen LogP contribution in [0.25, 0.3) is 0 Å². The van der Waals surface area contributed by atoms with Crippen LogP contribution in [0.4, 0.5) is 10.5 Å². The fraction of sp³-hybridized carbons (Fsp3) is 0.462. The minimum atomic E-state index is -0.450. The molecule has 0 aliphatic heterocycles. The van der Waals surface area contributed by atoms with Crippen molar-refractivity contribution in [3.63, 3.8) is 0 Å². The summed E-state index contributed by atoms with van der Waals surface area (Å²) in [5, 5.41) is 2.64. The molecule has 0 saturated carbocycles. The van der Waals surface area contributed by atoms with Gasteiger partial charge in [-0.2, -0.15) is 0 Å². The van der Waals surface area contributed by atoms with Crippen LogP contribution in [0.5, 0.6) is 5.75 Å². The van der Waals surface area contributed by atoms with Gasteiger partial charge in [0.1, 0.15) is 5.75 Å². The summed E-state index contributed by atoms with van der Waals surface area (Å²) in [6.45, 7) is 0.409. The van der Waals surface area contributed by atoms with Crippen LogP contribution in [0, 0.1) is 0 Å². The highest BCUT2D eigenvalue weighted by molar-refractivity contribution is 6.17. The van der Waals surface area contributed by atoms with Crippen LogP contribution in [0.1, 0.15) is 19.3 Å². The first-order valence-corrected chi connectivity index (χ1v) is 6.43. The maximum absolute atomic E-state index is 11.4. The molecule has 4 nitrogen and oxygen atoms in total. The van der Waals surface area contributed by atoms with Gasteiger partial charge in [0.15, 0.2) is 0 Å². The number of nitrogens with one attached hydrogen (secondary N) is 1. The molecule has 1 N–H and O–H groups in total. The third kappa shape index (κ3) is 5.77. The lowest BCUT2D eigenvalue weighted by Crippen LogP contribution is -2.14. The minimum absolute atomic E-state index is 0.409. The summed E-state index contributed by atoms with van der Waals surface area (Å²) in [6.07, 6.45) is 2.30. The molecule has 0 bridgehead atoms. The maximum atomic E-state index is 11.4. The Morgan fingerprint density at radius 1 is 1.33 bits per heavy atom.